The summed E-state index contributed by atoms with van der Waals surface area (Å²) >= 11 is 0. The number of aromatic nitrogens is 6. The number of carbonyl (C=O) groups excluding carboxylic acids is 5. The van der Waals surface area contributed by atoms with Crippen molar-refractivity contribution in [2.45, 2.75) is 267 Å². The van der Waals surface area contributed by atoms with Gasteiger partial charge in [0.1, 0.15) is 22.4 Å². The van der Waals surface area contributed by atoms with Crippen LogP contribution in [0.4, 0.5) is 15.3 Å². The largest absolute Gasteiger partial charge is 1.00 e. The number of carboxylic acid groups (broad SMARTS) is 1. The predicted molar refractivity (Wildman–Crippen MR) is 417 cm³/mol. The number of hydrogen-bond donors (Lipinski definition) is 5. The molecule has 6 unspecified atom stereocenters. The first-order valence-electron chi connectivity index (χ1n) is 38.6. The molecule has 2 saturated heterocycles. The number of carboxylic acids is 1. The van der Waals surface area contributed by atoms with E-state index in [1.54, 1.807) is 35.3 Å². The van der Waals surface area contributed by atoms with Crippen molar-refractivity contribution in [2.24, 2.45) is 45.3 Å². The molecule has 602 valence electrons. The van der Waals surface area contributed by atoms with E-state index in [1.807, 2.05) is 115 Å². The van der Waals surface area contributed by atoms with Gasteiger partial charge in [-0.1, -0.05) is 73.8 Å². The molecule has 14 rings (SSSR count). The summed E-state index contributed by atoms with van der Waals surface area (Å²) < 4.78 is 55.6. The second-order valence-electron chi connectivity index (χ2n) is 35.7. The average Bonchev–Trinajstić information content (AvgIpc) is 1.65. The Balaban J connectivity index is 0.000000225. The Kier molecular flexibility index (Phi) is 30.6. The summed E-state index contributed by atoms with van der Waals surface area (Å²) in [6.07, 6.45) is 16.9. The molecule has 6 N–H and O–H groups in total. The van der Waals surface area contributed by atoms with Crippen LogP contribution in [0.1, 0.15) is 227 Å². The molecular formula is C79H113B3N12Na2O17. The van der Waals surface area contributed by atoms with Crippen molar-refractivity contribution in [3.8, 4) is 29.5 Å². The SMILES string of the molecule is C#CCCNC(=O)OC(C)(C)C.Cc1c(CCB2OC3CC4CC(C4(C)C)[C@]3(C)O2)ccc(-n2cc(CCNC(=O)OC(C)(C)C)nn2)c1C(=O)OC(C)(C)C.Cc1c(CCB2OC3CC4CC(C4(C)C)[C@]3(C)O2)ccc(N=[N+]=[N-])c1C(=O)OC(C)(C)C.NCCc1cn(-c2ccc3c(c2C(=O)[O-])O[B-](O)(O)CC3)nn1.[Na+].[Na+]. The van der Waals surface area contributed by atoms with Crippen LogP contribution in [0.3, 0.4) is 0 Å². The molecule has 5 heterocycles. The van der Waals surface area contributed by atoms with E-state index in [9.17, 15) is 39.1 Å². The maximum absolute atomic E-state index is 13.6. The van der Waals surface area contributed by atoms with E-state index in [1.165, 1.54) is 17.5 Å². The Morgan fingerprint density at radius 3 is 1.56 bits per heavy atom. The Hall–Kier alpha value is -6.53. The molecule has 6 saturated carbocycles. The van der Waals surface area contributed by atoms with Crippen molar-refractivity contribution in [3.05, 3.63) is 115 Å². The monoisotopic (exact) mass is 1580 g/mol. The van der Waals surface area contributed by atoms with Crippen LogP contribution in [0.2, 0.25) is 19.0 Å². The van der Waals surface area contributed by atoms with Gasteiger partial charge < -0.3 is 78.5 Å². The molecule has 6 aliphatic carbocycles. The summed E-state index contributed by atoms with van der Waals surface area (Å²) in [6, 6.07) is 10.8. The fourth-order valence-electron chi connectivity index (χ4n) is 16.5. The Bertz CT molecular complexity index is 4350. The molecule has 29 nitrogen and oxygen atoms in total. The number of hydrogen-bond acceptors (Lipinski definition) is 23. The number of fused-ring (bicyclic) bond motifs is 1. The van der Waals surface area contributed by atoms with Crippen LogP contribution in [-0.4, -0.2) is 157 Å². The topological polar surface area (TPSA) is 392 Å². The zero-order valence-electron chi connectivity index (χ0n) is 70.3. The fourth-order valence-corrected chi connectivity index (χ4v) is 16.5. The molecule has 8 fully saturated rings. The Labute approximate surface area is 709 Å². The third-order valence-corrected chi connectivity index (χ3v) is 22.3. The number of rotatable bonds is 19. The van der Waals surface area contributed by atoms with E-state index in [2.05, 4.69) is 88.7 Å². The van der Waals surface area contributed by atoms with E-state index in [4.69, 9.17) is 59.9 Å². The van der Waals surface area contributed by atoms with E-state index >= 15 is 0 Å². The number of nitrogens with two attached hydrogens (primary N) is 1. The average molecular weight is 1580 g/mol. The second kappa shape index (κ2) is 37.0. The normalized spacial score (nSPS) is 22.8. The van der Waals surface area contributed by atoms with Gasteiger partial charge in [0.15, 0.2) is 0 Å². The minimum atomic E-state index is -3.08. The molecular weight excluding hydrogens is 1470 g/mol. The molecule has 113 heavy (non-hydrogen) atoms. The van der Waals surface area contributed by atoms with Crippen molar-refractivity contribution < 1.29 is 140 Å². The molecule has 0 spiro atoms. The minimum Gasteiger partial charge on any atom is -0.669 e. The number of benzene rings is 3. The van der Waals surface area contributed by atoms with Crippen LogP contribution in [-0.2, 0) is 69.7 Å². The van der Waals surface area contributed by atoms with Crippen LogP contribution in [0, 0.1) is 60.7 Å². The predicted octanol–water partition coefficient (Wildman–Crippen LogP) is 5.56. The number of terminal acetylenes is 1. The molecule has 34 heteroatoms. The minimum absolute atomic E-state index is 0. The summed E-state index contributed by atoms with van der Waals surface area (Å²) in [5.41, 5.74) is 19.3. The molecule has 4 bridgehead atoms. The summed E-state index contributed by atoms with van der Waals surface area (Å²) in [6.45, 7) is 37.8. The number of nitrogens with zero attached hydrogens (tertiary/aromatic N) is 9. The van der Waals surface area contributed by atoms with Crippen LogP contribution in [0.15, 0.2) is 53.9 Å². The van der Waals surface area contributed by atoms with Gasteiger partial charge in [-0.05, 0) is 255 Å². The van der Waals surface area contributed by atoms with Crippen molar-refractivity contribution in [2.75, 3.05) is 19.6 Å². The number of carbonyl (C=O) groups is 5. The summed E-state index contributed by atoms with van der Waals surface area (Å²) in [7, 11) is -0.516. The number of alkyl carbamates (subject to hydrolysis) is 2. The van der Waals surface area contributed by atoms with Crippen LogP contribution >= 0.6 is 0 Å². The van der Waals surface area contributed by atoms with Gasteiger partial charge in [0.25, 0.3) is 0 Å². The number of aromatic carboxylic acids is 1. The number of amides is 2. The molecule has 9 aliphatic rings. The molecule has 3 aliphatic heterocycles. The van der Waals surface area contributed by atoms with Gasteiger partial charge in [0.2, 0.25) is 0 Å². The molecule has 2 aromatic heterocycles. The number of ether oxygens (including phenoxy) is 4. The van der Waals surface area contributed by atoms with E-state index in [-0.39, 0.29) is 126 Å². The quantitative estimate of drug-likeness (QED) is 0.00986. The molecule has 2 amide bonds. The fraction of sp³-hybridized carbons (Fsp3) is 0.633. The number of esters is 2. The van der Waals surface area contributed by atoms with Gasteiger partial charge in [-0.3, -0.25) is 0 Å². The molecule has 0 radical (unpaired) electrons. The van der Waals surface area contributed by atoms with Gasteiger partial charge in [-0.2, -0.15) is 0 Å². The van der Waals surface area contributed by atoms with Gasteiger partial charge in [0, 0.05) is 37.3 Å². The molecule has 3 aromatic carbocycles. The van der Waals surface area contributed by atoms with Gasteiger partial charge in [0.05, 0.1) is 92.7 Å². The zero-order chi connectivity index (χ0) is 81.9. The van der Waals surface area contributed by atoms with Crippen molar-refractivity contribution in [1.29, 1.82) is 0 Å². The van der Waals surface area contributed by atoms with Crippen molar-refractivity contribution >= 4 is 56.8 Å². The first kappa shape index (κ1) is 93.6. The van der Waals surface area contributed by atoms with E-state index in [0.29, 0.717) is 133 Å². The third kappa shape index (κ3) is 22.8. The zero-order valence-corrected chi connectivity index (χ0v) is 74.3. The van der Waals surface area contributed by atoms with Crippen LogP contribution < -0.4 is 85.2 Å². The standard InChI is InChI=1S/C33H49BN4O6.C24H34BN3O4.C13H16BN4O5.C9H15NO2.2Na/c1-20-21(13-15-34-43-26-18-22-17-25(32(22,8)9)33(26,10)44-34)11-12-24(27(20)28(39)41-30(2,3)4)38-19-23(36-37-38)14-16-35-29(40)42-31(5,6)7;1-14-15(8-9-17(27-28-26)20(14)21(29)30-22(2,3)4)10-11-25-31-19-13-16-12-18(23(16,5)6)24(19,7)32-25;15-6-4-9-7-18(17-16-9)10-2-1-8-3-5-14(21,22)23-12(8)11(10)13(19)20;1-5-6-7-10-8(11)12-9(2,3)4;;/h11-12,19,22,25-26H,13-18H2,1-10H3,(H,35,40);8-9,16,18-19H,10-13H2,1-7H3;1-2,7,21-22H,3-6,15H2,(H,19,20);1H,6-7H2,2-4H3,(H,10,11);;/q;;-1;;2*+1/p-1/t22?,25?,26?,33-;16?,18?,19?,24-;;;;/m00..../s1. The second-order valence-corrected chi connectivity index (χ2v) is 35.7. The van der Waals surface area contributed by atoms with Gasteiger partial charge >= 0.3 is 104 Å². The van der Waals surface area contributed by atoms with Gasteiger partial charge in [-0.15, -0.1) is 22.5 Å². The first-order chi connectivity index (χ1) is 51.6. The Morgan fingerprint density at radius 2 is 1.11 bits per heavy atom. The third-order valence-electron chi connectivity index (χ3n) is 22.3. The summed E-state index contributed by atoms with van der Waals surface area (Å²) in [5.74, 6) is 2.40. The molecule has 5 aromatic rings. The summed E-state index contributed by atoms with van der Waals surface area (Å²) in [5, 5.41) is 56.3. The smallest absolute Gasteiger partial charge is 0.669 e. The molecule has 8 atom stereocenters. The first-order valence-corrected chi connectivity index (χ1v) is 38.6. The van der Waals surface area contributed by atoms with Crippen molar-refractivity contribution in [1.82, 2.24) is 40.6 Å². The Morgan fingerprint density at radius 1 is 0.664 bits per heavy atom. The van der Waals surface area contributed by atoms with E-state index in [0.717, 1.165) is 41.0 Å². The van der Waals surface area contributed by atoms with Crippen LogP contribution in [0.5, 0.6) is 5.75 Å². The summed E-state index contributed by atoms with van der Waals surface area (Å²) in [4.78, 5) is 63.8. The van der Waals surface area contributed by atoms with Gasteiger partial charge in [-0.25, -0.2) is 28.5 Å². The maximum Gasteiger partial charge on any atom is 1.00 e. The number of azide groups is 1. The number of nitrogens with one attached hydrogen (secondary N) is 2. The van der Waals surface area contributed by atoms with Crippen LogP contribution in [0.25, 0.3) is 21.8 Å². The number of aryl methyl sites for hydroxylation is 3. The van der Waals surface area contributed by atoms with Crippen molar-refractivity contribution in [3.63, 3.8) is 0 Å². The maximum atomic E-state index is 13.6. The van der Waals surface area contributed by atoms with E-state index < -0.39 is 59.3 Å².